The molecule has 9 nitrogen and oxygen atoms in total. The SMILES string of the molecule is COCCCN1C(=O)C(=O)/C(=C(/O)c2ccncc2)C1c1ccc([N+](=O)[O-])cc1. The summed E-state index contributed by atoms with van der Waals surface area (Å²) in [5, 5.41) is 21.7. The molecule has 150 valence electrons. The topological polar surface area (TPSA) is 123 Å². The highest BCUT2D eigenvalue weighted by molar-refractivity contribution is 6.46. The lowest BCUT2D eigenvalue weighted by Gasteiger charge is -2.25. The highest BCUT2D eigenvalue weighted by Gasteiger charge is 2.45. The summed E-state index contributed by atoms with van der Waals surface area (Å²) in [7, 11) is 1.53. The van der Waals surface area contributed by atoms with E-state index < -0.39 is 22.7 Å². The molecule has 0 aliphatic carbocycles. The number of hydrogen-bond acceptors (Lipinski definition) is 7. The van der Waals surface area contributed by atoms with Crippen molar-refractivity contribution in [2.24, 2.45) is 0 Å². The van der Waals surface area contributed by atoms with Gasteiger partial charge in [-0.05, 0) is 36.2 Å². The van der Waals surface area contributed by atoms with Gasteiger partial charge in [-0.15, -0.1) is 0 Å². The van der Waals surface area contributed by atoms with Gasteiger partial charge >= 0.3 is 0 Å². The van der Waals surface area contributed by atoms with E-state index in [1.807, 2.05) is 0 Å². The Kier molecular flexibility index (Phi) is 5.99. The maximum Gasteiger partial charge on any atom is 0.295 e. The molecule has 1 N–H and O–H groups in total. The predicted octanol–water partition coefficient (Wildman–Crippen LogP) is 2.45. The van der Waals surface area contributed by atoms with Gasteiger partial charge in [-0.2, -0.15) is 0 Å². The Balaban J connectivity index is 2.10. The standard InChI is InChI=1S/C20H19N3O6/c1-29-12-2-11-22-17(13-3-5-15(6-4-13)23(27)28)16(19(25)20(22)26)18(24)14-7-9-21-10-8-14/h3-10,17,24H,2,11-12H2,1H3/b18-16+. The second-order valence-corrected chi connectivity index (χ2v) is 6.42. The number of pyridine rings is 1. The lowest BCUT2D eigenvalue weighted by atomic mass is 9.95. The molecular formula is C20H19N3O6. The van der Waals surface area contributed by atoms with Gasteiger partial charge in [0, 0.05) is 50.4 Å². The van der Waals surface area contributed by atoms with E-state index in [1.54, 1.807) is 0 Å². The zero-order chi connectivity index (χ0) is 21.0. The number of methoxy groups -OCH3 is 1. The van der Waals surface area contributed by atoms with Crippen molar-refractivity contribution in [3.05, 3.63) is 75.6 Å². The van der Waals surface area contributed by atoms with E-state index in [4.69, 9.17) is 4.74 Å². The number of hydrogen-bond donors (Lipinski definition) is 1. The zero-order valence-corrected chi connectivity index (χ0v) is 15.6. The van der Waals surface area contributed by atoms with Crippen LogP contribution in [0.1, 0.15) is 23.6 Å². The van der Waals surface area contributed by atoms with Crippen molar-refractivity contribution in [2.45, 2.75) is 12.5 Å². The van der Waals surface area contributed by atoms with Gasteiger partial charge in [0.1, 0.15) is 5.76 Å². The number of likely N-dealkylation sites (tertiary alicyclic amines) is 1. The van der Waals surface area contributed by atoms with Crippen molar-refractivity contribution in [2.75, 3.05) is 20.3 Å². The van der Waals surface area contributed by atoms with E-state index in [1.165, 1.54) is 60.8 Å². The number of carbonyl (C=O) groups excluding carboxylic acids is 2. The van der Waals surface area contributed by atoms with Crippen molar-refractivity contribution in [3.8, 4) is 0 Å². The first-order chi connectivity index (χ1) is 14.0. The summed E-state index contributed by atoms with van der Waals surface area (Å²) in [5.41, 5.74) is 0.663. The van der Waals surface area contributed by atoms with Crippen molar-refractivity contribution < 1.29 is 24.4 Å². The molecule has 0 bridgehead atoms. The molecule has 29 heavy (non-hydrogen) atoms. The van der Waals surface area contributed by atoms with Crippen LogP contribution in [0.2, 0.25) is 0 Å². The molecule has 2 aromatic rings. The Hall–Kier alpha value is -3.59. The second-order valence-electron chi connectivity index (χ2n) is 6.42. The first kappa shape index (κ1) is 20.2. The molecule has 1 aromatic carbocycles. The predicted molar refractivity (Wildman–Crippen MR) is 103 cm³/mol. The van der Waals surface area contributed by atoms with Crippen LogP contribution in [-0.4, -0.2) is 51.9 Å². The Labute approximate surface area is 166 Å². The number of aromatic nitrogens is 1. The van der Waals surface area contributed by atoms with E-state index in [9.17, 15) is 24.8 Å². The highest BCUT2D eigenvalue weighted by atomic mass is 16.6. The number of benzene rings is 1. The zero-order valence-electron chi connectivity index (χ0n) is 15.6. The number of carbonyl (C=O) groups is 2. The van der Waals surface area contributed by atoms with Crippen LogP contribution in [0.3, 0.4) is 0 Å². The third-order valence-corrected chi connectivity index (χ3v) is 4.66. The lowest BCUT2D eigenvalue weighted by molar-refractivity contribution is -0.384. The van der Waals surface area contributed by atoms with Gasteiger partial charge in [0.2, 0.25) is 0 Å². The van der Waals surface area contributed by atoms with Crippen LogP contribution in [0.25, 0.3) is 5.76 Å². The van der Waals surface area contributed by atoms with Crippen LogP contribution in [0, 0.1) is 10.1 Å². The van der Waals surface area contributed by atoms with Gasteiger partial charge < -0.3 is 14.7 Å². The molecule has 0 radical (unpaired) electrons. The monoisotopic (exact) mass is 397 g/mol. The molecule has 1 fully saturated rings. The summed E-state index contributed by atoms with van der Waals surface area (Å²) < 4.78 is 5.02. The summed E-state index contributed by atoms with van der Waals surface area (Å²) in [6.45, 7) is 0.619. The fourth-order valence-corrected chi connectivity index (χ4v) is 3.28. The minimum Gasteiger partial charge on any atom is -0.507 e. The quantitative estimate of drug-likeness (QED) is 0.190. The first-order valence-electron chi connectivity index (χ1n) is 8.87. The minimum absolute atomic E-state index is 0.0625. The summed E-state index contributed by atoms with van der Waals surface area (Å²) in [6, 6.07) is 7.77. The van der Waals surface area contributed by atoms with Gasteiger partial charge in [-0.25, -0.2) is 0 Å². The molecule has 0 spiro atoms. The van der Waals surface area contributed by atoms with Gasteiger partial charge in [-0.3, -0.25) is 24.7 Å². The average Bonchev–Trinajstić information content (AvgIpc) is 2.99. The van der Waals surface area contributed by atoms with Gasteiger partial charge in [0.15, 0.2) is 0 Å². The molecule has 1 atom stereocenters. The number of ether oxygens (including phenoxy) is 1. The molecular weight excluding hydrogens is 378 g/mol. The Morgan fingerprint density at radius 2 is 1.86 bits per heavy atom. The third-order valence-electron chi connectivity index (χ3n) is 4.66. The fraction of sp³-hybridized carbons (Fsp3) is 0.250. The van der Waals surface area contributed by atoms with Crippen LogP contribution in [0.5, 0.6) is 0 Å². The van der Waals surface area contributed by atoms with Gasteiger partial charge in [-0.1, -0.05) is 0 Å². The summed E-state index contributed by atoms with van der Waals surface area (Å²) in [6.07, 6.45) is 3.41. The Morgan fingerprint density at radius 1 is 1.21 bits per heavy atom. The number of ketones is 1. The molecule has 1 amide bonds. The van der Waals surface area contributed by atoms with Crippen molar-refractivity contribution in [1.29, 1.82) is 0 Å². The Bertz CT molecular complexity index is 956. The van der Waals surface area contributed by atoms with E-state index in [0.717, 1.165) is 0 Å². The summed E-state index contributed by atoms with van der Waals surface area (Å²) in [5.74, 6) is -1.86. The number of rotatable bonds is 7. The van der Waals surface area contributed by atoms with E-state index in [0.29, 0.717) is 24.2 Å². The van der Waals surface area contributed by atoms with Crippen LogP contribution >= 0.6 is 0 Å². The van der Waals surface area contributed by atoms with Crippen molar-refractivity contribution in [3.63, 3.8) is 0 Å². The number of amides is 1. The van der Waals surface area contributed by atoms with Crippen LogP contribution in [-0.2, 0) is 14.3 Å². The molecule has 2 heterocycles. The van der Waals surface area contributed by atoms with Crippen molar-refractivity contribution in [1.82, 2.24) is 9.88 Å². The third kappa shape index (κ3) is 3.99. The van der Waals surface area contributed by atoms with E-state index in [2.05, 4.69) is 4.98 Å². The largest absolute Gasteiger partial charge is 0.507 e. The smallest absolute Gasteiger partial charge is 0.295 e. The maximum atomic E-state index is 12.8. The fourth-order valence-electron chi connectivity index (χ4n) is 3.28. The van der Waals surface area contributed by atoms with Crippen LogP contribution in [0.15, 0.2) is 54.4 Å². The van der Waals surface area contributed by atoms with E-state index in [-0.39, 0.29) is 23.6 Å². The normalized spacial score (nSPS) is 18.2. The molecule has 1 aliphatic rings. The molecule has 1 unspecified atom stereocenters. The molecule has 1 saturated heterocycles. The molecule has 0 saturated carbocycles. The first-order valence-corrected chi connectivity index (χ1v) is 8.87. The Morgan fingerprint density at radius 3 is 2.45 bits per heavy atom. The lowest BCUT2D eigenvalue weighted by Crippen LogP contribution is -2.31. The van der Waals surface area contributed by atoms with Gasteiger partial charge in [0.25, 0.3) is 17.4 Å². The number of nitrogens with zero attached hydrogens (tertiary/aromatic N) is 3. The summed E-state index contributed by atoms with van der Waals surface area (Å²) >= 11 is 0. The number of aliphatic hydroxyl groups excluding tert-OH is 1. The van der Waals surface area contributed by atoms with Gasteiger partial charge in [0.05, 0.1) is 16.5 Å². The maximum absolute atomic E-state index is 12.8. The molecule has 1 aliphatic heterocycles. The number of nitro benzene ring substituents is 1. The summed E-state index contributed by atoms with van der Waals surface area (Å²) in [4.78, 5) is 41.1. The molecule has 1 aromatic heterocycles. The van der Waals surface area contributed by atoms with E-state index >= 15 is 0 Å². The highest BCUT2D eigenvalue weighted by Crippen LogP contribution is 2.39. The average molecular weight is 397 g/mol. The molecule has 9 heteroatoms. The second kappa shape index (κ2) is 8.61. The number of non-ortho nitro benzene ring substituents is 1. The molecule has 3 rings (SSSR count). The number of aliphatic hydroxyl groups is 1. The van der Waals surface area contributed by atoms with Crippen LogP contribution < -0.4 is 0 Å². The van der Waals surface area contributed by atoms with Crippen molar-refractivity contribution >= 4 is 23.1 Å². The minimum atomic E-state index is -0.860. The van der Waals surface area contributed by atoms with Crippen LogP contribution in [0.4, 0.5) is 5.69 Å². The number of Topliss-reactive ketones (excluding diaryl/α,β-unsaturated/α-hetero) is 1. The number of nitro groups is 1.